The molecule has 0 aliphatic heterocycles. The second kappa shape index (κ2) is 5.52. The second-order valence-corrected chi connectivity index (χ2v) is 18.8. The monoisotopic (exact) mass is 317 g/mol. The fourth-order valence-electron chi connectivity index (χ4n) is 3.01. The van der Waals surface area contributed by atoms with Crippen LogP contribution in [0.5, 0.6) is 0 Å². The molecule has 0 aromatic carbocycles. The van der Waals surface area contributed by atoms with Gasteiger partial charge in [-0.2, -0.15) is 0 Å². The molecule has 0 atom stereocenters. The van der Waals surface area contributed by atoms with Crippen molar-refractivity contribution in [2.24, 2.45) is 0 Å². The Kier molecular flexibility index (Phi) is 5.62. The van der Waals surface area contributed by atoms with Crippen molar-refractivity contribution in [3.63, 3.8) is 0 Å². The molecular formula is C16H37O2Si2. The minimum Gasteiger partial charge on any atom is -0.434 e. The Hall–Kier alpha value is 0.354. The fraction of sp³-hybridized carbons (Fsp3) is 1.00. The maximum atomic E-state index is 11.5. The maximum absolute atomic E-state index is 11.5. The molecule has 0 saturated carbocycles. The maximum Gasteiger partial charge on any atom is 0.336 e. The van der Waals surface area contributed by atoms with Crippen LogP contribution in [-0.4, -0.2) is 22.4 Å². The summed E-state index contributed by atoms with van der Waals surface area (Å²) in [5, 5.41) is -0.198. The Morgan fingerprint density at radius 3 is 1.05 bits per heavy atom. The Labute approximate surface area is 130 Å². The van der Waals surface area contributed by atoms with Gasteiger partial charge >= 0.3 is 8.56 Å². The first-order valence-electron chi connectivity index (χ1n) is 7.63. The topological polar surface area (TPSA) is 29.5 Å². The number of hydrogen-bond donors (Lipinski definition) is 1. The van der Waals surface area contributed by atoms with Crippen molar-refractivity contribution >= 4 is 17.6 Å². The Bertz CT molecular complexity index is 296. The molecule has 4 heteroatoms. The lowest BCUT2D eigenvalue weighted by Crippen LogP contribution is -2.60. The van der Waals surface area contributed by atoms with Crippen LogP contribution in [0.15, 0.2) is 0 Å². The molecule has 0 spiro atoms. The first-order chi connectivity index (χ1) is 8.34. The van der Waals surface area contributed by atoms with E-state index in [1.165, 1.54) is 0 Å². The van der Waals surface area contributed by atoms with E-state index in [1.807, 2.05) is 0 Å². The summed E-state index contributed by atoms with van der Waals surface area (Å²) >= 11 is 0. The second-order valence-electron chi connectivity index (χ2n) is 10.1. The molecule has 0 bridgehead atoms. The highest BCUT2D eigenvalue weighted by molar-refractivity contribution is 6.80. The quantitative estimate of drug-likeness (QED) is 0.669. The molecular weight excluding hydrogens is 280 g/mol. The first-order valence-corrected chi connectivity index (χ1v) is 10.9. The zero-order valence-electron chi connectivity index (χ0n) is 15.9. The number of hydrogen-bond acceptors (Lipinski definition) is 2. The van der Waals surface area contributed by atoms with E-state index < -0.39 is 17.6 Å². The van der Waals surface area contributed by atoms with Gasteiger partial charge in [-0.15, -0.1) is 0 Å². The molecule has 0 unspecified atom stereocenters. The van der Waals surface area contributed by atoms with Crippen molar-refractivity contribution in [3.05, 3.63) is 0 Å². The SMILES string of the molecule is CC(C)(C)[Si](O[Si](O)(C(C)(C)C)C(C)(C)C)C(C)(C)C. The van der Waals surface area contributed by atoms with Gasteiger partial charge in [0.2, 0.25) is 9.04 Å². The minimum atomic E-state index is -2.89. The normalized spacial score (nSPS) is 15.9. The summed E-state index contributed by atoms with van der Waals surface area (Å²) in [6, 6.07) is 0. The largest absolute Gasteiger partial charge is 0.434 e. The summed E-state index contributed by atoms with van der Waals surface area (Å²) in [7, 11) is -4.08. The van der Waals surface area contributed by atoms with E-state index in [0.29, 0.717) is 0 Å². The van der Waals surface area contributed by atoms with Crippen molar-refractivity contribution in [2.75, 3.05) is 0 Å². The van der Waals surface area contributed by atoms with Gasteiger partial charge in [-0.05, 0) is 10.1 Å². The summed E-state index contributed by atoms with van der Waals surface area (Å²) in [5.41, 5.74) is 0. The van der Waals surface area contributed by atoms with Crippen LogP contribution >= 0.6 is 0 Å². The van der Waals surface area contributed by atoms with Crippen LogP contribution in [0.2, 0.25) is 20.2 Å². The fourth-order valence-corrected chi connectivity index (χ4v) is 13.6. The zero-order chi connectivity index (χ0) is 16.8. The van der Waals surface area contributed by atoms with Gasteiger partial charge in [-0.3, -0.25) is 0 Å². The average Bonchev–Trinajstić information content (AvgIpc) is 2.05. The molecule has 0 rings (SSSR count). The molecule has 0 aromatic heterocycles. The molecule has 0 aromatic rings. The van der Waals surface area contributed by atoms with E-state index in [9.17, 15) is 4.80 Å². The Morgan fingerprint density at radius 1 is 0.650 bits per heavy atom. The molecule has 0 amide bonds. The summed E-state index contributed by atoms with van der Waals surface area (Å²) < 4.78 is 6.69. The van der Waals surface area contributed by atoms with E-state index in [-0.39, 0.29) is 20.2 Å². The molecule has 0 saturated heterocycles. The van der Waals surface area contributed by atoms with E-state index >= 15 is 0 Å². The van der Waals surface area contributed by atoms with Gasteiger partial charge < -0.3 is 8.91 Å². The van der Waals surface area contributed by atoms with Crippen molar-refractivity contribution in [3.8, 4) is 0 Å². The molecule has 0 aliphatic carbocycles. The third-order valence-electron chi connectivity index (χ3n) is 3.65. The van der Waals surface area contributed by atoms with Crippen LogP contribution < -0.4 is 0 Å². The van der Waals surface area contributed by atoms with Gasteiger partial charge in [0, 0.05) is 10.1 Å². The molecule has 0 aliphatic rings. The van der Waals surface area contributed by atoms with Gasteiger partial charge in [0.15, 0.2) is 0 Å². The standard InChI is InChI=1S/C16H37O2Si2/c1-13(2,3)19(14(4,5)6)18-20(17,15(7,8)9)16(10,11)12/h17H,1-12H3. The van der Waals surface area contributed by atoms with Crippen LogP contribution in [0.4, 0.5) is 0 Å². The predicted molar refractivity (Wildman–Crippen MR) is 93.7 cm³/mol. The van der Waals surface area contributed by atoms with Crippen LogP contribution in [0, 0.1) is 0 Å². The third kappa shape index (κ3) is 4.42. The molecule has 20 heavy (non-hydrogen) atoms. The number of rotatable bonds is 2. The van der Waals surface area contributed by atoms with Gasteiger partial charge in [-0.1, -0.05) is 83.1 Å². The lowest BCUT2D eigenvalue weighted by Gasteiger charge is -2.51. The Morgan fingerprint density at radius 2 is 0.900 bits per heavy atom. The van der Waals surface area contributed by atoms with E-state index in [4.69, 9.17) is 4.12 Å². The van der Waals surface area contributed by atoms with E-state index in [0.717, 1.165) is 0 Å². The molecule has 121 valence electrons. The highest BCUT2D eigenvalue weighted by Gasteiger charge is 2.58. The summed E-state index contributed by atoms with van der Waals surface area (Å²) in [4.78, 5) is 11.5. The van der Waals surface area contributed by atoms with Crippen LogP contribution in [-0.2, 0) is 4.12 Å². The van der Waals surface area contributed by atoms with Crippen LogP contribution in [0.1, 0.15) is 83.1 Å². The molecule has 0 fully saturated rings. The molecule has 1 radical (unpaired) electrons. The predicted octanol–water partition coefficient (Wildman–Crippen LogP) is 5.63. The first kappa shape index (κ1) is 20.4. The van der Waals surface area contributed by atoms with Crippen molar-refractivity contribution in [2.45, 2.75) is 103 Å². The molecule has 0 heterocycles. The lowest BCUT2D eigenvalue weighted by atomic mass is 10.2. The Balaban J connectivity index is 5.80. The highest BCUT2D eigenvalue weighted by atomic mass is 28.4. The van der Waals surface area contributed by atoms with Gasteiger partial charge in [-0.25, -0.2) is 0 Å². The zero-order valence-corrected chi connectivity index (χ0v) is 17.9. The van der Waals surface area contributed by atoms with Gasteiger partial charge in [0.1, 0.15) is 0 Å². The van der Waals surface area contributed by atoms with E-state index in [2.05, 4.69) is 83.1 Å². The minimum absolute atomic E-state index is 0.0976. The van der Waals surface area contributed by atoms with Gasteiger partial charge in [0.25, 0.3) is 0 Å². The van der Waals surface area contributed by atoms with Crippen molar-refractivity contribution in [1.82, 2.24) is 0 Å². The van der Waals surface area contributed by atoms with Crippen LogP contribution in [0.25, 0.3) is 0 Å². The van der Waals surface area contributed by atoms with Crippen LogP contribution in [0.3, 0.4) is 0 Å². The smallest absolute Gasteiger partial charge is 0.336 e. The molecule has 1 N–H and O–H groups in total. The molecule has 2 nitrogen and oxygen atoms in total. The van der Waals surface area contributed by atoms with Crippen molar-refractivity contribution in [1.29, 1.82) is 0 Å². The summed E-state index contributed by atoms with van der Waals surface area (Å²) in [6.07, 6.45) is 0. The third-order valence-corrected chi connectivity index (χ3v) is 12.4. The van der Waals surface area contributed by atoms with E-state index in [1.54, 1.807) is 0 Å². The summed E-state index contributed by atoms with van der Waals surface area (Å²) in [6.45, 7) is 26.2. The van der Waals surface area contributed by atoms with Gasteiger partial charge in [0.05, 0.1) is 0 Å². The lowest BCUT2D eigenvalue weighted by molar-refractivity contribution is 0.268. The summed E-state index contributed by atoms with van der Waals surface area (Å²) in [5.74, 6) is 0. The van der Waals surface area contributed by atoms with Crippen molar-refractivity contribution < 1.29 is 8.91 Å². The average molecular weight is 318 g/mol. The highest BCUT2D eigenvalue weighted by Crippen LogP contribution is 2.53.